The molecule has 2 heteroatoms. The minimum absolute atomic E-state index is 0.671. The summed E-state index contributed by atoms with van der Waals surface area (Å²) >= 11 is 0. The van der Waals surface area contributed by atoms with Crippen LogP contribution in [-0.2, 0) is 0 Å². The Hall–Kier alpha value is -0.760. The molecule has 0 amide bonds. The van der Waals surface area contributed by atoms with Crippen LogP contribution in [-0.4, -0.2) is 31.1 Å². The second kappa shape index (κ2) is 6.42. The monoisotopic (exact) mass is 248 g/mol. The molecule has 0 radical (unpaired) electrons. The van der Waals surface area contributed by atoms with Crippen LogP contribution in [0.1, 0.15) is 51.4 Å². The molecule has 0 aromatic heterocycles. The highest BCUT2D eigenvalue weighted by Gasteiger charge is 2.23. The highest BCUT2D eigenvalue weighted by Crippen LogP contribution is 2.28. The Kier molecular flexibility index (Phi) is 4.87. The molecule has 0 heterocycles. The van der Waals surface area contributed by atoms with Gasteiger partial charge < -0.3 is 10.2 Å². The Morgan fingerprint density at radius 2 is 1.83 bits per heavy atom. The first-order valence-corrected chi connectivity index (χ1v) is 7.48. The SMILES string of the molecule is C=CC1=C(N(C)C)CCC(NC2CCCCC2)C1. The fraction of sp³-hybridized carbons (Fsp3) is 0.750. The summed E-state index contributed by atoms with van der Waals surface area (Å²) < 4.78 is 0. The van der Waals surface area contributed by atoms with Crippen LogP contribution in [0.5, 0.6) is 0 Å². The van der Waals surface area contributed by atoms with E-state index in [0.717, 1.165) is 12.5 Å². The summed E-state index contributed by atoms with van der Waals surface area (Å²) in [5.74, 6) is 0. The minimum Gasteiger partial charge on any atom is -0.381 e. The van der Waals surface area contributed by atoms with Crippen molar-refractivity contribution in [1.82, 2.24) is 10.2 Å². The van der Waals surface area contributed by atoms with Crippen molar-refractivity contribution in [2.45, 2.75) is 63.5 Å². The molecule has 0 saturated heterocycles. The molecule has 0 aromatic rings. The summed E-state index contributed by atoms with van der Waals surface area (Å²) in [6.07, 6.45) is 12.7. The van der Waals surface area contributed by atoms with E-state index in [2.05, 4.69) is 37.0 Å². The largest absolute Gasteiger partial charge is 0.381 e. The number of rotatable bonds is 4. The van der Waals surface area contributed by atoms with Crippen LogP contribution in [0.15, 0.2) is 23.9 Å². The van der Waals surface area contributed by atoms with Gasteiger partial charge in [0.2, 0.25) is 0 Å². The van der Waals surface area contributed by atoms with Crippen LogP contribution >= 0.6 is 0 Å². The minimum atomic E-state index is 0.671. The second-order valence-corrected chi connectivity index (χ2v) is 6.01. The summed E-state index contributed by atoms with van der Waals surface area (Å²) in [7, 11) is 4.29. The molecule has 2 rings (SSSR count). The zero-order valence-electron chi connectivity index (χ0n) is 12.0. The van der Waals surface area contributed by atoms with E-state index in [-0.39, 0.29) is 0 Å². The zero-order chi connectivity index (χ0) is 13.0. The van der Waals surface area contributed by atoms with E-state index in [0.29, 0.717) is 6.04 Å². The van der Waals surface area contributed by atoms with Gasteiger partial charge in [-0.05, 0) is 37.7 Å². The standard InChI is InChI=1S/C16H28N2/c1-4-13-12-15(10-11-16(13)18(2)3)17-14-8-6-5-7-9-14/h4,14-15,17H,1,5-12H2,2-3H3. The van der Waals surface area contributed by atoms with E-state index in [1.54, 1.807) is 0 Å². The zero-order valence-corrected chi connectivity index (χ0v) is 12.0. The van der Waals surface area contributed by atoms with Gasteiger partial charge in [-0.2, -0.15) is 0 Å². The van der Waals surface area contributed by atoms with Crippen LogP contribution in [0.25, 0.3) is 0 Å². The van der Waals surface area contributed by atoms with E-state index < -0.39 is 0 Å². The highest BCUT2D eigenvalue weighted by atomic mass is 15.1. The van der Waals surface area contributed by atoms with Crippen molar-refractivity contribution in [3.8, 4) is 0 Å². The van der Waals surface area contributed by atoms with Crippen molar-refractivity contribution in [3.05, 3.63) is 23.9 Å². The van der Waals surface area contributed by atoms with Gasteiger partial charge in [0.25, 0.3) is 0 Å². The van der Waals surface area contributed by atoms with Crippen LogP contribution in [0, 0.1) is 0 Å². The Labute approximate surface area is 112 Å². The topological polar surface area (TPSA) is 15.3 Å². The van der Waals surface area contributed by atoms with E-state index >= 15 is 0 Å². The molecule has 2 aliphatic rings. The van der Waals surface area contributed by atoms with Gasteiger partial charge in [0, 0.05) is 31.9 Å². The average molecular weight is 248 g/mol. The normalized spacial score (nSPS) is 26.2. The molecule has 0 aliphatic heterocycles. The smallest absolute Gasteiger partial charge is 0.0161 e. The van der Waals surface area contributed by atoms with Gasteiger partial charge in [0.05, 0.1) is 0 Å². The number of allylic oxidation sites excluding steroid dienone is 2. The van der Waals surface area contributed by atoms with Gasteiger partial charge in [0.15, 0.2) is 0 Å². The van der Waals surface area contributed by atoms with Gasteiger partial charge in [-0.25, -0.2) is 0 Å². The van der Waals surface area contributed by atoms with E-state index in [1.807, 2.05) is 0 Å². The molecule has 1 saturated carbocycles. The third-order valence-electron chi connectivity index (χ3n) is 4.43. The van der Waals surface area contributed by atoms with Crippen LogP contribution in [0.4, 0.5) is 0 Å². The van der Waals surface area contributed by atoms with Crippen LogP contribution < -0.4 is 5.32 Å². The molecule has 2 aliphatic carbocycles. The molecule has 1 unspecified atom stereocenters. The molecule has 102 valence electrons. The first-order chi connectivity index (χ1) is 8.70. The Morgan fingerprint density at radius 3 is 2.44 bits per heavy atom. The van der Waals surface area contributed by atoms with Crippen molar-refractivity contribution >= 4 is 0 Å². The maximum absolute atomic E-state index is 3.99. The van der Waals surface area contributed by atoms with Crippen molar-refractivity contribution in [3.63, 3.8) is 0 Å². The molecule has 1 fully saturated rings. The molecular formula is C16H28N2. The highest BCUT2D eigenvalue weighted by molar-refractivity contribution is 5.27. The maximum Gasteiger partial charge on any atom is 0.0161 e. The van der Waals surface area contributed by atoms with Crippen molar-refractivity contribution in [2.75, 3.05) is 14.1 Å². The fourth-order valence-corrected chi connectivity index (χ4v) is 3.41. The van der Waals surface area contributed by atoms with E-state index in [9.17, 15) is 0 Å². The third kappa shape index (κ3) is 3.38. The lowest BCUT2D eigenvalue weighted by Gasteiger charge is -2.34. The second-order valence-electron chi connectivity index (χ2n) is 6.01. The third-order valence-corrected chi connectivity index (χ3v) is 4.43. The predicted octanol–water partition coefficient (Wildman–Crippen LogP) is 3.46. The van der Waals surface area contributed by atoms with Gasteiger partial charge in [-0.3, -0.25) is 0 Å². The lowest BCUT2D eigenvalue weighted by atomic mass is 9.89. The molecule has 1 N–H and O–H groups in total. The average Bonchev–Trinajstić information content (AvgIpc) is 2.39. The van der Waals surface area contributed by atoms with E-state index in [1.165, 1.54) is 56.2 Å². The Bertz CT molecular complexity index is 311. The van der Waals surface area contributed by atoms with Crippen LogP contribution in [0.2, 0.25) is 0 Å². The Morgan fingerprint density at radius 1 is 1.11 bits per heavy atom. The summed E-state index contributed by atoms with van der Waals surface area (Å²) in [5, 5.41) is 3.88. The molecule has 0 aromatic carbocycles. The number of hydrogen-bond acceptors (Lipinski definition) is 2. The van der Waals surface area contributed by atoms with Gasteiger partial charge in [-0.1, -0.05) is 31.9 Å². The summed E-state index contributed by atoms with van der Waals surface area (Å²) in [5.41, 5.74) is 2.92. The molecule has 18 heavy (non-hydrogen) atoms. The number of hydrogen-bond donors (Lipinski definition) is 1. The van der Waals surface area contributed by atoms with E-state index in [4.69, 9.17) is 0 Å². The van der Waals surface area contributed by atoms with Gasteiger partial charge in [0.1, 0.15) is 0 Å². The molecule has 2 nitrogen and oxygen atoms in total. The summed E-state index contributed by atoms with van der Waals surface area (Å²) in [4.78, 5) is 2.26. The molecule has 0 bridgehead atoms. The molecule has 0 spiro atoms. The maximum atomic E-state index is 3.99. The number of nitrogens with zero attached hydrogens (tertiary/aromatic N) is 1. The lowest BCUT2D eigenvalue weighted by molar-refractivity contribution is 0.311. The first-order valence-electron chi connectivity index (χ1n) is 7.48. The summed E-state index contributed by atoms with van der Waals surface area (Å²) in [6.45, 7) is 3.99. The molecule has 1 atom stereocenters. The molecular weight excluding hydrogens is 220 g/mol. The Balaban J connectivity index is 1.91. The van der Waals surface area contributed by atoms with Gasteiger partial charge in [-0.15, -0.1) is 0 Å². The van der Waals surface area contributed by atoms with Crippen molar-refractivity contribution < 1.29 is 0 Å². The predicted molar refractivity (Wildman–Crippen MR) is 78.6 cm³/mol. The van der Waals surface area contributed by atoms with Crippen molar-refractivity contribution in [1.29, 1.82) is 0 Å². The number of nitrogens with one attached hydrogen (secondary N) is 1. The fourth-order valence-electron chi connectivity index (χ4n) is 3.41. The van der Waals surface area contributed by atoms with Crippen molar-refractivity contribution in [2.24, 2.45) is 0 Å². The lowest BCUT2D eigenvalue weighted by Crippen LogP contribution is -2.41. The van der Waals surface area contributed by atoms with Crippen LogP contribution in [0.3, 0.4) is 0 Å². The first kappa shape index (κ1) is 13.7. The quantitative estimate of drug-likeness (QED) is 0.819. The van der Waals surface area contributed by atoms with Gasteiger partial charge >= 0.3 is 0 Å². The summed E-state index contributed by atoms with van der Waals surface area (Å²) in [6, 6.07) is 1.44.